The van der Waals surface area contributed by atoms with Crippen LogP contribution in [0.5, 0.6) is 0 Å². The van der Waals surface area contributed by atoms with E-state index >= 15 is 0 Å². The van der Waals surface area contributed by atoms with Gasteiger partial charge in [0.05, 0.1) is 21.7 Å². The highest BCUT2D eigenvalue weighted by Gasteiger charge is 2.15. The minimum absolute atomic E-state index is 0.105. The largest absolute Gasteiger partial charge is 0.395 e. The van der Waals surface area contributed by atoms with E-state index in [2.05, 4.69) is 6.58 Å². The standard InChI is InChI=1S/C11H10FN3O2S/c1-7(11(14)8(12)6-13)18-10-5-3-2-4-9(10)15(16)17/h2-6,13H,1,14H2. The van der Waals surface area contributed by atoms with Gasteiger partial charge in [-0.25, -0.2) is 4.39 Å². The topological polar surface area (TPSA) is 93.0 Å². The zero-order valence-electron chi connectivity index (χ0n) is 9.22. The van der Waals surface area contributed by atoms with E-state index in [-0.39, 0.29) is 16.3 Å². The van der Waals surface area contributed by atoms with Crippen LogP contribution in [0.15, 0.2) is 52.2 Å². The third kappa shape index (κ3) is 3.17. The maximum Gasteiger partial charge on any atom is 0.283 e. The number of nitrogens with one attached hydrogen (secondary N) is 1. The maximum atomic E-state index is 13.0. The predicted octanol–water partition coefficient (Wildman–Crippen LogP) is 2.99. The van der Waals surface area contributed by atoms with Gasteiger partial charge in [0.25, 0.3) is 5.69 Å². The second-order valence-corrected chi connectivity index (χ2v) is 4.29. The molecular weight excluding hydrogens is 257 g/mol. The molecule has 1 aromatic rings. The molecule has 0 saturated carbocycles. The van der Waals surface area contributed by atoms with E-state index < -0.39 is 10.8 Å². The fraction of sp³-hybridized carbons (Fsp3) is 0. The minimum atomic E-state index is -0.925. The molecule has 1 aromatic carbocycles. The highest BCUT2D eigenvalue weighted by atomic mass is 32.2. The number of nitro groups is 1. The smallest absolute Gasteiger partial charge is 0.283 e. The van der Waals surface area contributed by atoms with Crippen molar-refractivity contribution in [2.45, 2.75) is 4.90 Å². The molecule has 0 amide bonds. The molecule has 0 bridgehead atoms. The number of hydrogen-bond acceptors (Lipinski definition) is 5. The lowest BCUT2D eigenvalue weighted by Crippen LogP contribution is -2.02. The van der Waals surface area contributed by atoms with Crippen LogP contribution in [0.3, 0.4) is 0 Å². The molecule has 0 aromatic heterocycles. The third-order valence-corrected chi connectivity index (χ3v) is 3.01. The van der Waals surface area contributed by atoms with Crippen LogP contribution >= 0.6 is 11.8 Å². The molecule has 0 aliphatic rings. The minimum Gasteiger partial charge on any atom is -0.395 e. The summed E-state index contributed by atoms with van der Waals surface area (Å²) in [6.45, 7) is 3.53. The van der Waals surface area contributed by atoms with Gasteiger partial charge in [-0.2, -0.15) is 0 Å². The van der Waals surface area contributed by atoms with Gasteiger partial charge in [0.2, 0.25) is 0 Å². The Bertz CT molecular complexity index is 543. The summed E-state index contributed by atoms with van der Waals surface area (Å²) in [4.78, 5) is 10.7. The van der Waals surface area contributed by atoms with Gasteiger partial charge in [0, 0.05) is 11.0 Å². The number of nitrogens with zero attached hydrogens (tertiary/aromatic N) is 1. The highest BCUT2D eigenvalue weighted by Crippen LogP contribution is 2.35. The summed E-state index contributed by atoms with van der Waals surface area (Å²) in [5.74, 6) is -0.925. The summed E-state index contributed by atoms with van der Waals surface area (Å²) in [5.41, 5.74) is 5.01. The van der Waals surface area contributed by atoms with Crippen LogP contribution in [-0.2, 0) is 0 Å². The van der Waals surface area contributed by atoms with Crippen LogP contribution in [0.2, 0.25) is 0 Å². The van der Waals surface area contributed by atoms with Crippen molar-refractivity contribution < 1.29 is 9.31 Å². The number of benzene rings is 1. The fourth-order valence-electron chi connectivity index (χ4n) is 1.09. The molecule has 1 rings (SSSR count). The lowest BCUT2D eigenvalue weighted by Gasteiger charge is -2.06. The van der Waals surface area contributed by atoms with E-state index in [0.29, 0.717) is 11.1 Å². The van der Waals surface area contributed by atoms with Crippen molar-refractivity contribution in [3.05, 3.63) is 57.4 Å². The first-order valence-corrected chi connectivity index (χ1v) is 5.55. The fourth-order valence-corrected chi connectivity index (χ4v) is 1.96. The second kappa shape index (κ2) is 5.97. The Morgan fingerprint density at radius 3 is 2.72 bits per heavy atom. The van der Waals surface area contributed by atoms with Gasteiger partial charge in [0.1, 0.15) is 0 Å². The van der Waals surface area contributed by atoms with E-state index in [1.165, 1.54) is 18.2 Å². The van der Waals surface area contributed by atoms with Gasteiger partial charge in [-0.15, -0.1) is 0 Å². The first-order valence-electron chi connectivity index (χ1n) is 4.73. The van der Waals surface area contributed by atoms with E-state index in [1.54, 1.807) is 6.07 Å². The van der Waals surface area contributed by atoms with E-state index in [1.807, 2.05) is 0 Å². The Kier molecular flexibility index (Phi) is 4.61. The molecule has 0 heterocycles. The van der Waals surface area contributed by atoms with Crippen molar-refractivity contribution in [3.8, 4) is 0 Å². The Hall–Kier alpha value is -2.15. The quantitative estimate of drug-likeness (QED) is 0.282. The summed E-state index contributed by atoms with van der Waals surface area (Å²) in [6.07, 6.45) is 0.459. The molecule has 94 valence electrons. The second-order valence-electron chi connectivity index (χ2n) is 3.16. The monoisotopic (exact) mass is 267 g/mol. The summed E-state index contributed by atoms with van der Waals surface area (Å²) >= 11 is 0.888. The number of rotatable bonds is 5. The first-order chi connectivity index (χ1) is 8.47. The maximum absolute atomic E-state index is 13.0. The van der Waals surface area contributed by atoms with Crippen molar-refractivity contribution in [3.63, 3.8) is 0 Å². The molecule has 0 radical (unpaired) electrons. The number of thioether (sulfide) groups is 1. The van der Waals surface area contributed by atoms with E-state index in [0.717, 1.165) is 11.8 Å². The van der Waals surface area contributed by atoms with E-state index in [4.69, 9.17) is 11.1 Å². The number of nitrogens with two attached hydrogens (primary N) is 1. The summed E-state index contributed by atoms with van der Waals surface area (Å²) in [5, 5.41) is 17.5. The Balaban J connectivity index is 3.03. The van der Waals surface area contributed by atoms with Gasteiger partial charge < -0.3 is 11.1 Å². The third-order valence-electron chi connectivity index (χ3n) is 1.98. The van der Waals surface area contributed by atoms with Crippen molar-refractivity contribution in [1.82, 2.24) is 0 Å². The lowest BCUT2D eigenvalue weighted by molar-refractivity contribution is -0.387. The van der Waals surface area contributed by atoms with Crippen molar-refractivity contribution in [2.75, 3.05) is 0 Å². The van der Waals surface area contributed by atoms with Crippen LogP contribution in [0.1, 0.15) is 0 Å². The van der Waals surface area contributed by atoms with Crippen LogP contribution < -0.4 is 5.73 Å². The van der Waals surface area contributed by atoms with Crippen LogP contribution in [-0.4, -0.2) is 11.1 Å². The summed E-state index contributed by atoms with van der Waals surface area (Å²) in [6, 6.07) is 6.00. The zero-order chi connectivity index (χ0) is 13.7. The average Bonchev–Trinajstić information content (AvgIpc) is 2.37. The molecule has 7 heteroatoms. The molecule has 5 nitrogen and oxygen atoms in total. The molecular formula is C11H10FN3O2S. The molecule has 0 aliphatic heterocycles. The van der Waals surface area contributed by atoms with Gasteiger partial charge >= 0.3 is 0 Å². The van der Waals surface area contributed by atoms with Gasteiger partial charge in [-0.1, -0.05) is 30.5 Å². The molecule has 0 aliphatic carbocycles. The molecule has 0 spiro atoms. The SMILES string of the molecule is C=C(Sc1ccccc1[N+](=O)[O-])C(N)=C(F)C=N. The first kappa shape index (κ1) is 13.9. The van der Waals surface area contributed by atoms with Gasteiger partial charge in [-0.05, 0) is 6.07 Å². The molecule has 0 fully saturated rings. The van der Waals surface area contributed by atoms with Crippen LogP contribution in [0.25, 0.3) is 0 Å². The van der Waals surface area contributed by atoms with Crippen molar-refractivity contribution in [2.24, 2.45) is 5.73 Å². The number of halogens is 1. The molecule has 0 atom stereocenters. The summed E-state index contributed by atoms with van der Waals surface area (Å²) in [7, 11) is 0. The number of nitro benzene ring substituents is 1. The summed E-state index contributed by atoms with van der Waals surface area (Å²) < 4.78 is 13.0. The molecule has 0 unspecified atom stereocenters. The number of allylic oxidation sites excluding steroid dienone is 1. The van der Waals surface area contributed by atoms with Crippen LogP contribution in [0, 0.1) is 15.5 Å². The highest BCUT2D eigenvalue weighted by molar-refractivity contribution is 8.03. The lowest BCUT2D eigenvalue weighted by atomic mass is 10.3. The molecule has 0 saturated heterocycles. The Morgan fingerprint density at radius 2 is 2.17 bits per heavy atom. The van der Waals surface area contributed by atoms with E-state index in [9.17, 15) is 14.5 Å². The van der Waals surface area contributed by atoms with Crippen molar-refractivity contribution >= 4 is 23.7 Å². The normalized spacial score (nSPS) is 11.6. The van der Waals surface area contributed by atoms with Crippen molar-refractivity contribution in [1.29, 1.82) is 5.41 Å². The number of hydrogen-bond donors (Lipinski definition) is 2. The Morgan fingerprint density at radius 1 is 1.56 bits per heavy atom. The zero-order valence-corrected chi connectivity index (χ0v) is 10.0. The van der Waals surface area contributed by atoms with Gasteiger partial charge in [-0.3, -0.25) is 10.1 Å². The van der Waals surface area contributed by atoms with Gasteiger partial charge in [0.15, 0.2) is 5.83 Å². The molecule has 3 N–H and O–H groups in total. The van der Waals surface area contributed by atoms with Crippen LogP contribution in [0.4, 0.5) is 10.1 Å². The molecule has 18 heavy (non-hydrogen) atoms. The Labute approximate surface area is 107 Å². The predicted molar refractivity (Wildman–Crippen MR) is 69.2 cm³/mol. The average molecular weight is 267 g/mol. The number of para-hydroxylation sites is 1.